The van der Waals surface area contributed by atoms with Gasteiger partial charge in [-0.3, -0.25) is 9.78 Å². The van der Waals surface area contributed by atoms with Crippen LogP contribution in [0, 0.1) is 6.92 Å². The Balaban J connectivity index is 1.83. The molecule has 1 amide bonds. The molecule has 122 valence electrons. The maximum atomic E-state index is 12.7. The minimum Gasteiger partial charge on any atom is -0.336 e. The zero-order valence-electron chi connectivity index (χ0n) is 13.3. The van der Waals surface area contributed by atoms with Gasteiger partial charge in [-0.25, -0.2) is 4.68 Å². The van der Waals surface area contributed by atoms with E-state index in [1.165, 1.54) is 0 Å². The fourth-order valence-corrected chi connectivity index (χ4v) is 2.79. The number of aromatic nitrogens is 4. The Morgan fingerprint density at radius 3 is 2.83 bits per heavy atom. The highest BCUT2D eigenvalue weighted by Gasteiger charge is 2.21. The van der Waals surface area contributed by atoms with Crippen molar-refractivity contribution >= 4 is 21.8 Å². The molecule has 3 rings (SSSR count). The number of benzene rings is 1. The number of carbonyl (C=O) groups is 1. The van der Waals surface area contributed by atoms with E-state index in [4.69, 9.17) is 0 Å². The summed E-state index contributed by atoms with van der Waals surface area (Å²) in [6.07, 6.45) is 3.45. The summed E-state index contributed by atoms with van der Waals surface area (Å²) in [5.74, 6) is -0.169. The Bertz CT molecular complexity index is 862. The van der Waals surface area contributed by atoms with Crippen LogP contribution in [0.5, 0.6) is 0 Å². The van der Waals surface area contributed by atoms with Crippen molar-refractivity contribution in [2.75, 3.05) is 7.05 Å². The van der Waals surface area contributed by atoms with Crippen LogP contribution in [-0.4, -0.2) is 37.8 Å². The van der Waals surface area contributed by atoms with Crippen molar-refractivity contribution in [2.24, 2.45) is 0 Å². The molecular formula is C17H16BrN5O. The second-order valence-electron chi connectivity index (χ2n) is 5.44. The van der Waals surface area contributed by atoms with Crippen molar-refractivity contribution in [1.82, 2.24) is 24.9 Å². The first-order valence-corrected chi connectivity index (χ1v) is 8.18. The molecule has 0 radical (unpaired) electrons. The third-order valence-electron chi connectivity index (χ3n) is 3.64. The van der Waals surface area contributed by atoms with E-state index in [1.807, 2.05) is 43.3 Å². The van der Waals surface area contributed by atoms with Gasteiger partial charge in [0, 0.05) is 30.5 Å². The maximum Gasteiger partial charge on any atom is 0.276 e. The summed E-state index contributed by atoms with van der Waals surface area (Å²) in [6.45, 7) is 2.31. The standard InChI is InChI=1S/C17H16BrN5O/c1-12-16(17(24)22(2)11-13-5-4-8-19-10-13)20-21-23(12)15-7-3-6-14(18)9-15/h3-10H,11H2,1-2H3. The Kier molecular flexibility index (Phi) is 4.71. The summed E-state index contributed by atoms with van der Waals surface area (Å²) in [4.78, 5) is 18.3. The van der Waals surface area contributed by atoms with E-state index in [-0.39, 0.29) is 5.91 Å². The van der Waals surface area contributed by atoms with Crippen molar-refractivity contribution in [1.29, 1.82) is 0 Å². The van der Waals surface area contributed by atoms with Gasteiger partial charge in [-0.05, 0) is 36.8 Å². The van der Waals surface area contributed by atoms with Crippen molar-refractivity contribution in [3.63, 3.8) is 0 Å². The first kappa shape index (κ1) is 16.3. The van der Waals surface area contributed by atoms with E-state index < -0.39 is 0 Å². The SMILES string of the molecule is Cc1c(C(=O)N(C)Cc2cccnc2)nnn1-c1cccc(Br)c1. The van der Waals surface area contributed by atoms with Gasteiger partial charge >= 0.3 is 0 Å². The number of halogens is 1. The van der Waals surface area contributed by atoms with Crippen LogP contribution in [0.4, 0.5) is 0 Å². The first-order chi connectivity index (χ1) is 11.6. The molecule has 0 atom stereocenters. The van der Waals surface area contributed by atoms with Crippen LogP contribution in [0.2, 0.25) is 0 Å². The smallest absolute Gasteiger partial charge is 0.276 e. The van der Waals surface area contributed by atoms with Crippen molar-refractivity contribution < 1.29 is 4.79 Å². The summed E-state index contributed by atoms with van der Waals surface area (Å²) in [5.41, 5.74) is 2.87. The van der Waals surface area contributed by atoms with Crippen LogP contribution in [0.1, 0.15) is 21.7 Å². The predicted molar refractivity (Wildman–Crippen MR) is 93.8 cm³/mol. The van der Waals surface area contributed by atoms with Crippen LogP contribution in [0.25, 0.3) is 5.69 Å². The van der Waals surface area contributed by atoms with E-state index in [9.17, 15) is 4.79 Å². The van der Waals surface area contributed by atoms with E-state index in [2.05, 4.69) is 31.2 Å². The maximum absolute atomic E-state index is 12.7. The molecule has 0 saturated carbocycles. The molecule has 1 aromatic carbocycles. The van der Waals surface area contributed by atoms with E-state index >= 15 is 0 Å². The molecule has 2 aromatic heterocycles. The lowest BCUT2D eigenvalue weighted by atomic mass is 10.2. The molecular weight excluding hydrogens is 370 g/mol. The molecule has 6 nitrogen and oxygen atoms in total. The zero-order chi connectivity index (χ0) is 17.1. The van der Waals surface area contributed by atoms with Crippen LogP contribution in [0.3, 0.4) is 0 Å². The van der Waals surface area contributed by atoms with Crippen molar-refractivity contribution in [3.8, 4) is 5.69 Å². The zero-order valence-corrected chi connectivity index (χ0v) is 14.9. The summed E-state index contributed by atoms with van der Waals surface area (Å²) in [5, 5.41) is 8.20. The Morgan fingerprint density at radius 1 is 1.29 bits per heavy atom. The van der Waals surface area contributed by atoms with E-state index in [0.29, 0.717) is 17.9 Å². The topological polar surface area (TPSA) is 63.9 Å². The fraction of sp³-hybridized carbons (Fsp3) is 0.176. The van der Waals surface area contributed by atoms with Crippen LogP contribution in [0.15, 0.2) is 53.3 Å². The third kappa shape index (κ3) is 3.35. The Labute approximate surface area is 148 Å². The van der Waals surface area contributed by atoms with Gasteiger partial charge in [-0.2, -0.15) is 0 Å². The molecule has 0 bridgehead atoms. The van der Waals surface area contributed by atoms with Gasteiger partial charge in [0.2, 0.25) is 0 Å². The molecule has 0 spiro atoms. The van der Waals surface area contributed by atoms with Crippen LogP contribution >= 0.6 is 15.9 Å². The number of carbonyl (C=O) groups excluding carboxylic acids is 1. The van der Waals surface area contributed by atoms with E-state index in [0.717, 1.165) is 15.7 Å². The van der Waals surface area contributed by atoms with Gasteiger partial charge in [0.05, 0.1) is 11.4 Å². The quantitative estimate of drug-likeness (QED) is 0.692. The number of amides is 1. The molecule has 0 unspecified atom stereocenters. The van der Waals surface area contributed by atoms with E-state index in [1.54, 1.807) is 29.0 Å². The molecule has 0 aliphatic rings. The summed E-state index contributed by atoms with van der Waals surface area (Å²) in [7, 11) is 1.74. The van der Waals surface area contributed by atoms with Gasteiger partial charge in [-0.1, -0.05) is 33.3 Å². The second-order valence-corrected chi connectivity index (χ2v) is 6.35. The highest BCUT2D eigenvalue weighted by molar-refractivity contribution is 9.10. The Morgan fingerprint density at radius 2 is 2.12 bits per heavy atom. The fourth-order valence-electron chi connectivity index (χ4n) is 2.40. The molecule has 0 N–H and O–H groups in total. The number of pyridine rings is 1. The normalized spacial score (nSPS) is 10.6. The average molecular weight is 386 g/mol. The predicted octanol–water partition coefficient (Wildman–Crippen LogP) is 3.01. The molecule has 0 aliphatic heterocycles. The van der Waals surface area contributed by atoms with Crippen LogP contribution < -0.4 is 0 Å². The van der Waals surface area contributed by atoms with Crippen molar-refractivity contribution in [2.45, 2.75) is 13.5 Å². The first-order valence-electron chi connectivity index (χ1n) is 7.39. The average Bonchev–Trinajstić information content (AvgIpc) is 2.96. The third-order valence-corrected chi connectivity index (χ3v) is 4.13. The second kappa shape index (κ2) is 6.92. The summed E-state index contributed by atoms with van der Waals surface area (Å²) >= 11 is 3.44. The number of hydrogen-bond donors (Lipinski definition) is 0. The minimum absolute atomic E-state index is 0.169. The lowest BCUT2D eigenvalue weighted by Crippen LogP contribution is -2.27. The Hall–Kier alpha value is -2.54. The largest absolute Gasteiger partial charge is 0.336 e. The van der Waals surface area contributed by atoms with Gasteiger partial charge in [-0.15, -0.1) is 5.10 Å². The number of hydrogen-bond acceptors (Lipinski definition) is 4. The van der Waals surface area contributed by atoms with Gasteiger partial charge < -0.3 is 4.90 Å². The summed E-state index contributed by atoms with van der Waals surface area (Å²) in [6, 6.07) is 11.5. The van der Waals surface area contributed by atoms with Crippen molar-refractivity contribution in [3.05, 3.63) is 70.2 Å². The lowest BCUT2D eigenvalue weighted by Gasteiger charge is -2.16. The van der Waals surface area contributed by atoms with Gasteiger partial charge in [0.15, 0.2) is 5.69 Å². The minimum atomic E-state index is -0.169. The highest BCUT2D eigenvalue weighted by atomic mass is 79.9. The number of nitrogens with zero attached hydrogens (tertiary/aromatic N) is 5. The molecule has 24 heavy (non-hydrogen) atoms. The van der Waals surface area contributed by atoms with Gasteiger partial charge in [0.25, 0.3) is 5.91 Å². The molecule has 2 heterocycles. The van der Waals surface area contributed by atoms with Crippen LogP contribution in [-0.2, 0) is 6.54 Å². The molecule has 7 heteroatoms. The highest BCUT2D eigenvalue weighted by Crippen LogP contribution is 2.18. The molecule has 0 saturated heterocycles. The van der Waals surface area contributed by atoms with Gasteiger partial charge in [0.1, 0.15) is 0 Å². The monoisotopic (exact) mass is 385 g/mol. The molecule has 0 aliphatic carbocycles. The molecule has 3 aromatic rings. The lowest BCUT2D eigenvalue weighted by molar-refractivity contribution is 0.0778. The molecule has 0 fully saturated rings. The number of rotatable bonds is 4. The summed E-state index contributed by atoms with van der Waals surface area (Å²) < 4.78 is 2.60.